The van der Waals surface area contributed by atoms with Gasteiger partial charge in [0.2, 0.25) is 0 Å². The van der Waals surface area contributed by atoms with Gasteiger partial charge in [-0.15, -0.1) is 0 Å². The Morgan fingerprint density at radius 3 is 2.46 bits per heavy atom. The number of non-ortho nitro benzene ring substituents is 1. The van der Waals surface area contributed by atoms with E-state index in [1.54, 1.807) is 17.0 Å². The monoisotopic (exact) mass is 388 g/mol. The van der Waals surface area contributed by atoms with Crippen molar-refractivity contribution in [2.45, 2.75) is 12.6 Å². The number of β-amino-alcohol motifs (C(OH)–C–C–N with tert-alkyl or cyclic N) is 1. The molecule has 0 aromatic heterocycles. The molecular formula is C19H20N2O7. The number of rotatable bonds is 5. The standard InChI is InChI=1S/C19H20N2O7/c1-26-16-6-7-17(27-2)18-13(16)9-20(10-15(18)22)14-5-4-11(21(24)25)8-12(14)19(23)28-3/h4-8,15,22H,9-10H2,1-3H3. The van der Waals surface area contributed by atoms with Gasteiger partial charge in [-0.1, -0.05) is 0 Å². The van der Waals surface area contributed by atoms with Crippen LogP contribution < -0.4 is 14.4 Å². The molecule has 9 nitrogen and oxygen atoms in total. The number of carbonyl (C=O) groups excluding carboxylic acids is 1. The van der Waals surface area contributed by atoms with Gasteiger partial charge in [-0.3, -0.25) is 10.1 Å². The van der Waals surface area contributed by atoms with E-state index in [0.29, 0.717) is 29.3 Å². The third kappa shape index (κ3) is 3.31. The summed E-state index contributed by atoms with van der Waals surface area (Å²) in [4.78, 5) is 24.5. The number of carbonyl (C=O) groups is 1. The molecule has 2 aromatic carbocycles. The van der Waals surface area contributed by atoms with Crippen LogP contribution in [0.25, 0.3) is 0 Å². The number of hydrogen-bond donors (Lipinski definition) is 1. The van der Waals surface area contributed by atoms with Gasteiger partial charge < -0.3 is 24.2 Å². The first-order chi connectivity index (χ1) is 13.4. The number of aliphatic hydroxyl groups excluding tert-OH is 1. The van der Waals surface area contributed by atoms with E-state index in [-0.39, 0.29) is 17.8 Å². The maximum atomic E-state index is 12.2. The molecule has 3 rings (SSSR count). The van der Waals surface area contributed by atoms with Crippen molar-refractivity contribution in [3.8, 4) is 11.5 Å². The molecule has 148 valence electrons. The van der Waals surface area contributed by atoms with Gasteiger partial charge in [-0.2, -0.15) is 0 Å². The highest BCUT2D eigenvalue weighted by Crippen LogP contribution is 2.41. The molecule has 0 amide bonds. The number of benzene rings is 2. The molecule has 1 unspecified atom stereocenters. The van der Waals surface area contributed by atoms with E-state index in [4.69, 9.17) is 14.2 Å². The molecule has 0 saturated carbocycles. The molecule has 0 radical (unpaired) electrons. The average Bonchev–Trinajstić information content (AvgIpc) is 2.71. The van der Waals surface area contributed by atoms with Gasteiger partial charge >= 0.3 is 5.97 Å². The van der Waals surface area contributed by atoms with E-state index in [1.807, 2.05) is 0 Å². The van der Waals surface area contributed by atoms with Crippen molar-refractivity contribution in [3.05, 3.63) is 57.1 Å². The Kier molecular flexibility index (Phi) is 5.36. The SMILES string of the molecule is COC(=O)c1cc([N+](=O)[O-])ccc1N1Cc2c(OC)ccc(OC)c2C(O)C1. The van der Waals surface area contributed by atoms with Crippen LogP contribution in [-0.2, 0) is 11.3 Å². The number of aliphatic hydroxyl groups is 1. The Hall–Kier alpha value is -3.33. The zero-order valence-electron chi connectivity index (χ0n) is 15.7. The fraction of sp³-hybridized carbons (Fsp3) is 0.316. The maximum Gasteiger partial charge on any atom is 0.340 e. The Balaban J connectivity index is 2.10. The zero-order valence-corrected chi connectivity index (χ0v) is 15.7. The number of hydrogen-bond acceptors (Lipinski definition) is 8. The van der Waals surface area contributed by atoms with E-state index in [9.17, 15) is 20.0 Å². The Morgan fingerprint density at radius 2 is 1.86 bits per heavy atom. The van der Waals surface area contributed by atoms with E-state index in [2.05, 4.69) is 0 Å². The summed E-state index contributed by atoms with van der Waals surface area (Å²) in [5.41, 5.74) is 1.59. The summed E-state index contributed by atoms with van der Waals surface area (Å²) in [7, 11) is 4.26. The Bertz CT molecular complexity index is 929. The van der Waals surface area contributed by atoms with Crippen LogP contribution in [0.2, 0.25) is 0 Å². The number of nitro groups is 1. The van der Waals surface area contributed by atoms with Gasteiger partial charge in [0.15, 0.2) is 0 Å². The van der Waals surface area contributed by atoms with E-state index in [0.717, 1.165) is 5.56 Å². The molecule has 1 heterocycles. The molecule has 1 atom stereocenters. The van der Waals surface area contributed by atoms with Crippen molar-refractivity contribution in [1.29, 1.82) is 0 Å². The lowest BCUT2D eigenvalue weighted by Gasteiger charge is -2.36. The summed E-state index contributed by atoms with van der Waals surface area (Å²) in [6.07, 6.45) is -0.908. The second kappa shape index (κ2) is 7.73. The van der Waals surface area contributed by atoms with Crippen molar-refractivity contribution in [2.75, 3.05) is 32.8 Å². The molecule has 28 heavy (non-hydrogen) atoms. The van der Waals surface area contributed by atoms with Gasteiger partial charge in [0.05, 0.1) is 37.5 Å². The van der Waals surface area contributed by atoms with Crippen molar-refractivity contribution >= 4 is 17.3 Å². The van der Waals surface area contributed by atoms with Crippen LogP contribution in [0.15, 0.2) is 30.3 Å². The average molecular weight is 388 g/mol. The quantitative estimate of drug-likeness (QED) is 0.472. The van der Waals surface area contributed by atoms with Crippen LogP contribution in [0.1, 0.15) is 27.6 Å². The fourth-order valence-corrected chi connectivity index (χ4v) is 3.45. The molecule has 0 spiro atoms. The van der Waals surface area contributed by atoms with Crippen LogP contribution >= 0.6 is 0 Å². The van der Waals surface area contributed by atoms with Crippen LogP contribution in [0.3, 0.4) is 0 Å². The fourth-order valence-electron chi connectivity index (χ4n) is 3.45. The van der Waals surface area contributed by atoms with Gasteiger partial charge in [0.25, 0.3) is 5.69 Å². The minimum atomic E-state index is -0.908. The Labute approximate surface area is 161 Å². The molecular weight excluding hydrogens is 368 g/mol. The van der Waals surface area contributed by atoms with Crippen LogP contribution in [0.5, 0.6) is 11.5 Å². The first-order valence-electron chi connectivity index (χ1n) is 8.44. The van der Waals surface area contributed by atoms with Gasteiger partial charge in [-0.25, -0.2) is 4.79 Å². The lowest BCUT2D eigenvalue weighted by atomic mass is 9.94. The Morgan fingerprint density at radius 1 is 1.18 bits per heavy atom. The van der Waals surface area contributed by atoms with Crippen LogP contribution in [-0.4, -0.2) is 43.9 Å². The van der Waals surface area contributed by atoms with Crippen LogP contribution in [0.4, 0.5) is 11.4 Å². The number of methoxy groups -OCH3 is 3. The van der Waals surface area contributed by atoms with Gasteiger partial charge in [0, 0.05) is 36.3 Å². The maximum absolute atomic E-state index is 12.2. The molecule has 1 aliphatic rings. The summed E-state index contributed by atoms with van der Waals surface area (Å²) >= 11 is 0. The number of anilines is 1. The zero-order chi connectivity index (χ0) is 20.4. The summed E-state index contributed by atoms with van der Waals surface area (Å²) < 4.78 is 15.6. The van der Waals surface area contributed by atoms with Gasteiger partial charge in [-0.05, 0) is 18.2 Å². The van der Waals surface area contributed by atoms with Crippen molar-refractivity contribution in [3.63, 3.8) is 0 Å². The number of esters is 1. The first-order valence-corrected chi connectivity index (χ1v) is 8.44. The van der Waals surface area contributed by atoms with Crippen molar-refractivity contribution < 1.29 is 29.0 Å². The van der Waals surface area contributed by atoms with E-state index in [1.165, 1.54) is 39.5 Å². The largest absolute Gasteiger partial charge is 0.496 e. The smallest absolute Gasteiger partial charge is 0.340 e. The highest BCUT2D eigenvalue weighted by Gasteiger charge is 2.32. The number of nitro benzene ring substituents is 1. The molecule has 0 aliphatic carbocycles. The van der Waals surface area contributed by atoms with Crippen LogP contribution in [0, 0.1) is 10.1 Å². The first kappa shape index (κ1) is 19.4. The molecule has 0 bridgehead atoms. The second-order valence-electron chi connectivity index (χ2n) is 6.21. The van der Waals surface area contributed by atoms with Gasteiger partial charge in [0.1, 0.15) is 17.6 Å². The summed E-state index contributed by atoms with van der Waals surface area (Å²) in [5, 5.41) is 21.8. The molecule has 0 fully saturated rings. The molecule has 0 saturated heterocycles. The highest BCUT2D eigenvalue weighted by molar-refractivity contribution is 5.96. The summed E-state index contributed by atoms with van der Waals surface area (Å²) in [6, 6.07) is 7.43. The minimum Gasteiger partial charge on any atom is -0.496 e. The normalized spacial score (nSPS) is 15.6. The summed E-state index contributed by atoms with van der Waals surface area (Å²) in [6.45, 7) is 0.479. The van der Waals surface area contributed by atoms with E-state index >= 15 is 0 Å². The molecule has 9 heteroatoms. The number of nitrogens with zero attached hydrogens (tertiary/aromatic N) is 2. The second-order valence-corrected chi connectivity index (χ2v) is 6.21. The molecule has 1 aliphatic heterocycles. The van der Waals surface area contributed by atoms with E-state index < -0.39 is 17.0 Å². The van der Waals surface area contributed by atoms with Crippen molar-refractivity contribution in [1.82, 2.24) is 0 Å². The molecule has 1 N–H and O–H groups in total. The van der Waals surface area contributed by atoms with Crippen molar-refractivity contribution in [2.24, 2.45) is 0 Å². The number of ether oxygens (including phenoxy) is 3. The minimum absolute atomic E-state index is 0.0502. The molecule has 2 aromatic rings. The number of fused-ring (bicyclic) bond motifs is 1. The predicted octanol–water partition coefficient (Wildman–Crippen LogP) is 2.45. The predicted molar refractivity (Wildman–Crippen MR) is 100.0 cm³/mol. The topological polar surface area (TPSA) is 111 Å². The third-order valence-electron chi connectivity index (χ3n) is 4.73. The lowest BCUT2D eigenvalue weighted by molar-refractivity contribution is -0.384. The highest BCUT2D eigenvalue weighted by atomic mass is 16.6. The third-order valence-corrected chi connectivity index (χ3v) is 4.73. The lowest BCUT2D eigenvalue weighted by Crippen LogP contribution is -2.35. The summed E-state index contributed by atoms with van der Waals surface area (Å²) in [5.74, 6) is 0.414.